The molecule has 110 valence electrons. The maximum Gasteiger partial charge on any atom is 0.158 e. The first-order valence-electron chi connectivity index (χ1n) is 8.00. The van der Waals surface area contributed by atoms with E-state index in [2.05, 4.69) is 41.3 Å². The minimum atomic E-state index is -0.103. The molecule has 3 nitrogen and oxygen atoms in total. The highest BCUT2D eigenvalue weighted by molar-refractivity contribution is 5.19. The van der Waals surface area contributed by atoms with Crippen LogP contribution in [0.3, 0.4) is 0 Å². The highest BCUT2D eigenvalue weighted by Crippen LogP contribution is 2.29. The molecule has 3 rings (SSSR count). The van der Waals surface area contributed by atoms with E-state index in [0.29, 0.717) is 6.90 Å². The third-order valence-corrected chi connectivity index (χ3v) is 3.87. The van der Waals surface area contributed by atoms with Crippen LogP contribution in [0.4, 0.5) is 0 Å². The molecule has 21 heavy (non-hydrogen) atoms. The van der Waals surface area contributed by atoms with E-state index in [0.717, 1.165) is 18.7 Å². The first kappa shape index (κ1) is 13.0. The summed E-state index contributed by atoms with van der Waals surface area (Å²) in [4.78, 5) is 8.41. The molecule has 3 heteroatoms. The lowest BCUT2D eigenvalue weighted by Gasteiger charge is -2.43. The van der Waals surface area contributed by atoms with Gasteiger partial charge in [-0.15, -0.1) is 0 Å². The van der Waals surface area contributed by atoms with Crippen LogP contribution in [0.1, 0.15) is 25.6 Å². The van der Waals surface area contributed by atoms with Gasteiger partial charge in [-0.05, 0) is 18.0 Å². The van der Waals surface area contributed by atoms with Crippen molar-refractivity contribution in [3.05, 3.63) is 71.8 Å². The lowest BCUT2D eigenvalue weighted by molar-refractivity contribution is -0.287. The summed E-state index contributed by atoms with van der Waals surface area (Å²) in [5, 5.41) is 1.84. The maximum absolute atomic E-state index is 7.72. The lowest BCUT2D eigenvalue weighted by atomic mass is 10.1. The second-order valence-electron chi connectivity index (χ2n) is 5.48. The quantitative estimate of drug-likeness (QED) is 0.858. The molecule has 0 amide bonds. The van der Waals surface area contributed by atoms with Crippen LogP contribution < -0.4 is 0 Å². The van der Waals surface area contributed by atoms with Gasteiger partial charge in [0.05, 0.1) is 0 Å². The predicted octanol–water partition coefficient (Wildman–Crippen LogP) is 3.45. The summed E-state index contributed by atoms with van der Waals surface area (Å²) in [6, 6.07) is 20.8. The smallest absolute Gasteiger partial charge is 0.158 e. The number of benzene rings is 2. The van der Waals surface area contributed by atoms with Crippen LogP contribution in [0, 0.1) is 0 Å². The van der Waals surface area contributed by atoms with Gasteiger partial charge in [0.15, 0.2) is 6.23 Å². The molecular formula is C18H22N2O. The Kier molecular flexibility index (Phi) is 3.96. The maximum atomic E-state index is 7.72. The Balaban J connectivity index is 1.84. The summed E-state index contributed by atoms with van der Waals surface area (Å²) >= 11 is 0. The average Bonchev–Trinajstić information content (AvgIpc) is 2.58. The molecule has 1 aliphatic heterocycles. The average molecular weight is 283 g/mol. The van der Waals surface area contributed by atoms with Gasteiger partial charge < -0.3 is 0 Å². The van der Waals surface area contributed by atoms with E-state index in [1.807, 2.05) is 36.4 Å². The van der Waals surface area contributed by atoms with Gasteiger partial charge >= 0.3 is 0 Å². The minimum absolute atomic E-state index is 0.101. The Morgan fingerprint density at radius 1 is 1.10 bits per heavy atom. The Labute approximate surface area is 128 Å². The van der Waals surface area contributed by atoms with Crippen LogP contribution in [0.5, 0.6) is 0 Å². The summed E-state index contributed by atoms with van der Waals surface area (Å²) in [7, 11) is 1.93. The van der Waals surface area contributed by atoms with E-state index in [1.165, 1.54) is 5.56 Å². The Hall–Kier alpha value is -1.68. The highest BCUT2D eigenvalue weighted by atomic mass is 16.7. The fourth-order valence-electron chi connectivity index (χ4n) is 2.65. The van der Waals surface area contributed by atoms with Crippen molar-refractivity contribution >= 4 is 0 Å². The number of hydrogen-bond donors (Lipinski definition) is 0. The van der Waals surface area contributed by atoms with Gasteiger partial charge in [-0.3, -0.25) is 9.74 Å². The molecule has 0 bridgehead atoms. The lowest BCUT2D eigenvalue weighted by Crippen LogP contribution is -2.49. The number of hydrogen-bond acceptors (Lipinski definition) is 3. The van der Waals surface area contributed by atoms with Crippen LogP contribution >= 0.6 is 0 Å². The fourth-order valence-corrected chi connectivity index (χ4v) is 2.65. The molecule has 2 aromatic carbocycles. The SMILES string of the molecule is [2H]C[C@@H]1CN(Cc2ccccc2)[C@@H](c2ccccc2)ON1C. The standard InChI is InChI=1S/C18H22N2O/c1-15-13-20(14-16-9-5-3-6-10-16)18(21-19(15)2)17-11-7-4-8-12-17/h3-12,15,18H,13-14H2,1-2H3/t15-,18-/m1/s1/i1D. The fraction of sp³-hybridized carbons (Fsp3) is 0.333. The monoisotopic (exact) mass is 283 g/mol. The molecular weight excluding hydrogens is 260 g/mol. The highest BCUT2D eigenvalue weighted by Gasteiger charge is 2.31. The summed E-state index contributed by atoms with van der Waals surface area (Å²) in [6.07, 6.45) is -0.103. The minimum Gasteiger partial charge on any atom is -0.275 e. The molecule has 0 saturated carbocycles. The topological polar surface area (TPSA) is 15.7 Å². The largest absolute Gasteiger partial charge is 0.275 e. The van der Waals surface area contributed by atoms with Crippen molar-refractivity contribution in [2.75, 3.05) is 13.6 Å². The van der Waals surface area contributed by atoms with E-state index in [-0.39, 0.29) is 12.3 Å². The number of rotatable bonds is 3. The van der Waals surface area contributed by atoms with Crippen molar-refractivity contribution in [2.24, 2.45) is 0 Å². The molecule has 1 aliphatic rings. The molecule has 2 atom stereocenters. The molecule has 0 radical (unpaired) electrons. The van der Waals surface area contributed by atoms with E-state index in [9.17, 15) is 0 Å². The molecule has 1 saturated heterocycles. The second-order valence-corrected chi connectivity index (χ2v) is 5.48. The molecule has 2 aromatic rings. The van der Waals surface area contributed by atoms with E-state index >= 15 is 0 Å². The van der Waals surface area contributed by atoms with Crippen molar-refractivity contribution < 1.29 is 6.21 Å². The Bertz CT molecular complexity index is 578. The van der Waals surface area contributed by atoms with Crippen molar-refractivity contribution in [1.29, 1.82) is 0 Å². The van der Waals surface area contributed by atoms with Crippen LogP contribution in [0.15, 0.2) is 60.7 Å². The zero-order valence-corrected chi connectivity index (χ0v) is 12.4. The van der Waals surface area contributed by atoms with E-state index in [4.69, 9.17) is 6.21 Å². The van der Waals surface area contributed by atoms with Gasteiger partial charge in [0.1, 0.15) is 0 Å². The molecule has 0 spiro atoms. The van der Waals surface area contributed by atoms with Gasteiger partial charge in [-0.25, -0.2) is 0 Å². The summed E-state index contributed by atoms with van der Waals surface area (Å²) in [5.74, 6) is 0. The second kappa shape index (κ2) is 6.39. The van der Waals surface area contributed by atoms with E-state index in [1.54, 1.807) is 0 Å². The van der Waals surface area contributed by atoms with Crippen molar-refractivity contribution in [1.82, 2.24) is 9.96 Å². The van der Waals surface area contributed by atoms with Crippen LogP contribution in [-0.2, 0) is 11.4 Å². The van der Waals surface area contributed by atoms with Crippen molar-refractivity contribution in [2.45, 2.75) is 25.7 Å². The van der Waals surface area contributed by atoms with Gasteiger partial charge in [-0.1, -0.05) is 60.7 Å². The van der Waals surface area contributed by atoms with Crippen LogP contribution in [0.25, 0.3) is 0 Å². The third-order valence-electron chi connectivity index (χ3n) is 3.87. The molecule has 0 unspecified atom stereocenters. The zero-order chi connectivity index (χ0) is 15.4. The molecule has 0 aliphatic carbocycles. The van der Waals surface area contributed by atoms with Gasteiger partial charge in [0, 0.05) is 27.5 Å². The van der Waals surface area contributed by atoms with Gasteiger partial charge in [0.25, 0.3) is 0 Å². The summed E-state index contributed by atoms with van der Waals surface area (Å²) < 4.78 is 7.72. The van der Waals surface area contributed by atoms with E-state index < -0.39 is 0 Å². The first-order valence-corrected chi connectivity index (χ1v) is 7.29. The molecule has 0 aromatic heterocycles. The number of nitrogens with zero attached hydrogens (tertiary/aromatic N) is 2. The number of hydroxylamine groups is 2. The zero-order valence-electron chi connectivity index (χ0n) is 13.4. The molecule has 0 N–H and O–H groups in total. The Morgan fingerprint density at radius 2 is 1.76 bits per heavy atom. The molecule has 1 heterocycles. The summed E-state index contributed by atoms with van der Waals surface area (Å²) in [5.41, 5.74) is 2.41. The van der Waals surface area contributed by atoms with Crippen molar-refractivity contribution in [3.8, 4) is 0 Å². The van der Waals surface area contributed by atoms with Crippen LogP contribution in [0.2, 0.25) is 0 Å². The van der Waals surface area contributed by atoms with Gasteiger partial charge in [-0.2, -0.15) is 5.06 Å². The summed E-state index contributed by atoms with van der Waals surface area (Å²) in [6.45, 7) is 1.99. The number of likely N-dealkylation sites (N-methyl/N-ethyl adjacent to an activating group) is 1. The van der Waals surface area contributed by atoms with Gasteiger partial charge in [0.2, 0.25) is 0 Å². The van der Waals surface area contributed by atoms with Crippen LogP contribution in [-0.4, -0.2) is 29.6 Å². The van der Waals surface area contributed by atoms with Crippen molar-refractivity contribution in [3.63, 3.8) is 0 Å². The third kappa shape index (κ3) is 3.32. The normalized spacial score (nSPS) is 24.7. The Morgan fingerprint density at radius 3 is 2.43 bits per heavy atom. The predicted molar refractivity (Wildman–Crippen MR) is 84.3 cm³/mol. The molecule has 1 fully saturated rings. The first-order chi connectivity index (χ1) is 10.8.